The predicted molar refractivity (Wildman–Crippen MR) is 127 cm³/mol. The van der Waals surface area contributed by atoms with Gasteiger partial charge in [-0.15, -0.1) is 4.36 Å². The van der Waals surface area contributed by atoms with Gasteiger partial charge in [-0.3, -0.25) is 0 Å². The first-order valence-corrected chi connectivity index (χ1v) is 12.7. The Morgan fingerprint density at radius 1 is 1.26 bits per heavy atom. The van der Waals surface area contributed by atoms with Gasteiger partial charge in [0, 0.05) is 30.8 Å². The fourth-order valence-electron chi connectivity index (χ4n) is 4.49. The molecule has 0 fully saturated rings. The number of nitrogens with zero attached hydrogens (tertiary/aromatic N) is 4. The number of urea groups is 1. The number of ether oxygens (including phenoxy) is 2. The third kappa shape index (κ3) is 4.01. The molecular formula is C23H26N6O4S. The topological polar surface area (TPSA) is 134 Å². The van der Waals surface area contributed by atoms with Crippen molar-refractivity contribution in [3.8, 4) is 22.9 Å². The van der Waals surface area contributed by atoms with Gasteiger partial charge < -0.3 is 14.8 Å². The van der Waals surface area contributed by atoms with Crippen molar-refractivity contribution in [2.45, 2.75) is 44.0 Å². The highest BCUT2D eigenvalue weighted by atomic mass is 32.2. The number of nitrogens with one attached hydrogen (secondary N) is 1. The van der Waals surface area contributed by atoms with Crippen LogP contribution < -0.4 is 19.9 Å². The number of amides is 2. The van der Waals surface area contributed by atoms with Gasteiger partial charge in [-0.1, -0.05) is 12.1 Å². The SMILES string of the molecule is COc1cc(-c2ccc3c(c2NC(=O)N=[S@@](N)(=O)c2cnn4c2OCCC4)CCC3)c(C)cn1. The van der Waals surface area contributed by atoms with Gasteiger partial charge in [0.25, 0.3) is 0 Å². The van der Waals surface area contributed by atoms with Crippen LogP contribution in [0.15, 0.2) is 39.9 Å². The van der Waals surface area contributed by atoms with Gasteiger partial charge in [0.2, 0.25) is 11.8 Å². The number of carbonyl (C=O) groups is 1. The van der Waals surface area contributed by atoms with Crippen LogP contribution in [0.3, 0.4) is 0 Å². The number of benzene rings is 1. The molecule has 2 amide bonds. The number of rotatable bonds is 4. The molecule has 0 unspecified atom stereocenters. The summed E-state index contributed by atoms with van der Waals surface area (Å²) in [7, 11) is -2.01. The third-order valence-electron chi connectivity index (χ3n) is 6.14. The van der Waals surface area contributed by atoms with Crippen LogP contribution in [0, 0.1) is 6.92 Å². The Bertz CT molecular complexity index is 1410. The highest BCUT2D eigenvalue weighted by Gasteiger charge is 2.25. The summed E-state index contributed by atoms with van der Waals surface area (Å²) in [5.41, 5.74) is 5.49. The largest absolute Gasteiger partial charge is 0.481 e. The average molecular weight is 483 g/mol. The Morgan fingerprint density at radius 3 is 2.94 bits per heavy atom. The molecule has 3 heterocycles. The lowest BCUT2D eigenvalue weighted by Gasteiger charge is -2.17. The Kier molecular flexibility index (Phi) is 5.74. The van der Waals surface area contributed by atoms with E-state index in [0.29, 0.717) is 30.6 Å². The van der Waals surface area contributed by atoms with E-state index in [1.54, 1.807) is 18.0 Å². The molecule has 3 aromatic rings. The lowest BCUT2D eigenvalue weighted by molar-refractivity contribution is 0.224. The zero-order valence-electron chi connectivity index (χ0n) is 19.0. The number of aryl methyl sites for hydroxylation is 3. The smallest absolute Gasteiger partial charge is 0.354 e. The Balaban J connectivity index is 1.55. The maximum Gasteiger partial charge on any atom is 0.354 e. The number of fused-ring (bicyclic) bond motifs is 2. The fraction of sp³-hybridized carbons (Fsp3) is 0.348. The quantitative estimate of drug-likeness (QED) is 0.585. The summed E-state index contributed by atoms with van der Waals surface area (Å²) in [6, 6.07) is 5.10. The van der Waals surface area contributed by atoms with E-state index >= 15 is 0 Å². The van der Waals surface area contributed by atoms with Gasteiger partial charge in [0.15, 0.2) is 9.92 Å². The Labute approximate surface area is 197 Å². The zero-order chi connectivity index (χ0) is 23.9. The monoisotopic (exact) mass is 482 g/mol. The second kappa shape index (κ2) is 8.73. The number of carbonyl (C=O) groups excluding carboxylic acids is 1. The van der Waals surface area contributed by atoms with Gasteiger partial charge in [-0.05, 0) is 48.4 Å². The number of anilines is 1. The van der Waals surface area contributed by atoms with Crippen molar-refractivity contribution in [2.75, 3.05) is 19.0 Å². The maximum atomic E-state index is 13.2. The minimum absolute atomic E-state index is 0.121. The maximum absolute atomic E-state index is 13.2. The second-order valence-corrected chi connectivity index (χ2v) is 10.1. The Hall–Kier alpha value is -3.44. The molecule has 2 aliphatic rings. The molecule has 10 nitrogen and oxygen atoms in total. The summed E-state index contributed by atoms with van der Waals surface area (Å²) in [5.74, 6) is 0.773. The van der Waals surface area contributed by atoms with Gasteiger partial charge >= 0.3 is 6.03 Å². The summed E-state index contributed by atoms with van der Waals surface area (Å²) in [5, 5.41) is 13.1. The van der Waals surface area contributed by atoms with Crippen LogP contribution in [0.4, 0.5) is 10.5 Å². The van der Waals surface area contributed by atoms with E-state index in [0.717, 1.165) is 47.9 Å². The van der Waals surface area contributed by atoms with Crippen LogP contribution in [-0.4, -0.2) is 38.7 Å². The van der Waals surface area contributed by atoms with E-state index in [9.17, 15) is 9.00 Å². The summed E-state index contributed by atoms with van der Waals surface area (Å²) in [6.45, 7) is 3.04. The molecule has 0 saturated carbocycles. The number of nitrogens with two attached hydrogens (primary N) is 1. The van der Waals surface area contributed by atoms with Crippen LogP contribution in [0.25, 0.3) is 11.1 Å². The van der Waals surface area contributed by atoms with Crippen molar-refractivity contribution in [3.63, 3.8) is 0 Å². The molecule has 5 rings (SSSR count). The van der Waals surface area contributed by atoms with E-state index < -0.39 is 15.9 Å². The van der Waals surface area contributed by atoms with Gasteiger partial charge in [-0.25, -0.2) is 23.8 Å². The van der Waals surface area contributed by atoms with E-state index in [1.165, 1.54) is 11.8 Å². The third-order valence-corrected chi connectivity index (χ3v) is 7.49. The average Bonchev–Trinajstić information content (AvgIpc) is 3.47. The summed E-state index contributed by atoms with van der Waals surface area (Å²) in [6.07, 6.45) is 6.62. The Morgan fingerprint density at radius 2 is 2.12 bits per heavy atom. The standard InChI is InChI=1S/C23H26N6O4S/c1-14-12-25-20(32-2)11-18(14)17-8-7-15-5-3-6-16(15)21(17)27-23(30)28-34(24,31)19-13-26-29-9-4-10-33-22(19)29/h7-8,11-13H,3-6,9-10H2,1-2H3,(H3,24,27,28,30,31)/t34-/m1/s1. The van der Waals surface area contributed by atoms with E-state index in [-0.39, 0.29) is 4.90 Å². The second-order valence-electron chi connectivity index (χ2n) is 8.35. The molecule has 0 saturated heterocycles. The van der Waals surface area contributed by atoms with E-state index in [4.69, 9.17) is 14.6 Å². The highest BCUT2D eigenvalue weighted by molar-refractivity contribution is 7.91. The van der Waals surface area contributed by atoms with Crippen molar-refractivity contribution in [1.82, 2.24) is 14.8 Å². The first-order valence-electron chi connectivity index (χ1n) is 11.1. The lowest BCUT2D eigenvalue weighted by Crippen LogP contribution is -2.21. The number of pyridine rings is 1. The molecule has 1 aromatic carbocycles. The van der Waals surface area contributed by atoms with Crippen LogP contribution in [0.2, 0.25) is 0 Å². The highest BCUT2D eigenvalue weighted by Crippen LogP contribution is 2.39. The first kappa shape index (κ1) is 22.4. The molecule has 0 spiro atoms. The van der Waals surface area contributed by atoms with Gasteiger partial charge in [0.1, 0.15) is 4.90 Å². The zero-order valence-corrected chi connectivity index (χ0v) is 19.9. The van der Waals surface area contributed by atoms with Crippen molar-refractivity contribution in [3.05, 3.63) is 47.3 Å². The molecule has 34 heavy (non-hydrogen) atoms. The minimum atomic E-state index is -3.56. The van der Waals surface area contributed by atoms with Crippen molar-refractivity contribution in [2.24, 2.45) is 9.50 Å². The molecule has 1 aliphatic heterocycles. The molecule has 3 N–H and O–H groups in total. The number of aromatic nitrogens is 3. The molecule has 2 aromatic heterocycles. The first-order chi connectivity index (χ1) is 16.4. The van der Waals surface area contributed by atoms with Crippen LogP contribution in [0.5, 0.6) is 11.8 Å². The van der Waals surface area contributed by atoms with Crippen LogP contribution in [0.1, 0.15) is 29.5 Å². The van der Waals surface area contributed by atoms with Gasteiger partial charge in [-0.2, -0.15) is 5.10 Å². The molecule has 0 radical (unpaired) electrons. The minimum Gasteiger partial charge on any atom is -0.481 e. The normalized spacial score (nSPS) is 16.1. The van der Waals surface area contributed by atoms with E-state index in [1.807, 2.05) is 19.1 Å². The molecular weight excluding hydrogens is 456 g/mol. The molecule has 11 heteroatoms. The predicted octanol–water partition coefficient (Wildman–Crippen LogP) is 3.47. The summed E-state index contributed by atoms with van der Waals surface area (Å²) < 4.78 is 29.6. The molecule has 1 aliphatic carbocycles. The van der Waals surface area contributed by atoms with E-state index in [2.05, 4.69) is 25.8 Å². The lowest BCUT2D eigenvalue weighted by atomic mass is 9.95. The van der Waals surface area contributed by atoms with Crippen molar-refractivity contribution >= 4 is 21.6 Å². The molecule has 178 valence electrons. The number of methoxy groups -OCH3 is 1. The van der Waals surface area contributed by atoms with Crippen LogP contribution in [-0.2, 0) is 29.3 Å². The van der Waals surface area contributed by atoms with Crippen molar-refractivity contribution < 1.29 is 18.5 Å². The summed E-state index contributed by atoms with van der Waals surface area (Å²) in [4.78, 5) is 17.4. The molecule has 0 bridgehead atoms. The fourth-order valence-corrected chi connectivity index (χ4v) is 5.49. The molecule has 1 atom stereocenters. The van der Waals surface area contributed by atoms with Crippen LogP contribution >= 0.6 is 0 Å². The number of hydrogen-bond acceptors (Lipinski definition) is 6. The van der Waals surface area contributed by atoms with Crippen molar-refractivity contribution in [1.29, 1.82) is 0 Å². The number of hydrogen-bond donors (Lipinski definition) is 2. The van der Waals surface area contributed by atoms with Gasteiger partial charge in [0.05, 0.1) is 25.6 Å². The summed E-state index contributed by atoms with van der Waals surface area (Å²) >= 11 is 0.